The van der Waals surface area contributed by atoms with Crippen molar-refractivity contribution < 1.29 is 18.7 Å². The molecule has 6 nitrogen and oxygen atoms in total. The second-order valence-corrected chi connectivity index (χ2v) is 4.78. The van der Waals surface area contributed by atoms with Gasteiger partial charge in [0.25, 0.3) is 0 Å². The van der Waals surface area contributed by atoms with Crippen molar-refractivity contribution in [2.75, 3.05) is 13.7 Å². The van der Waals surface area contributed by atoms with Crippen LogP contribution in [0.4, 0.5) is 4.39 Å². The first-order valence-corrected chi connectivity index (χ1v) is 6.60. The van der Waals surface area contributed by atoms with Crippen molar-refractivity contribution in [2.24, 2.45) is 0 Å². The van der Waals surface area contributed by atoms with Gasteiger partial charge in [-0.2, -0.15) is 0 Å². The van der Waals surface area contributed by atoms with Gasteiger partial charge in [0, 0.05) is 13.2 Å². The van der Waals surface area contributed by atoms with Gasteiger partial charge >= 0.3 is 6.01 Å². The summed E-state index contributed by atoms with van der Waals surface area (Å²) >= 11 is 0. The Kier molecular flexibility index (Phi) is 5.23. The lowest BCUT2D eigenvalue weighted by molar-refractivity contribution is -0.125. The van der Waals surface area contributed by atoms with Gasteiger partial charge in [-0.25, -0.2) is 14.4 Å². The minimum Gasteiger partial charge on any atom is -0.460 e. The number of hydrogen-bond acceptors (Lipinski definition) is 5. The third-order valence-electron chi connectivity index (χ3n) is 3.18. The fourth-order valence-corrected chi connectivity index (χ4v) is 2.24. The van der Waals surface area contributed by atoms with Crippen molar-refractivity contribution in [1.82, 2.24) is 15.3 Å². The van der Waals surface area contributed by atoms with Gasteiger partial charge in [0.05, 0.1) is 12.4 Å². The van der Waals surface area contributed by atoms with Crippen LogP contribution in [0.2, 0.25) is 0 Å². The molecule has 1 amide bonds. The Labute approximate surface area is 116 Å². The Balaban J connectivity index is 1.74. The van der Waals surface area contributed by atoms with E-state index in [0.717, 1.165) is 38.1 Å². The number of ether oxygens (including phenoxy) is 2. The maximum atomic E-state index is 12.7. The first-order chi connectivity index (χ1) is 9.67. The quantitative estimate of drug-likeness (QED) is 0.875. The predicted molar refractivity (Wildman–Crippen MR) is 68.7 cm³/mol. The van der Waals surface area contributed by atoms with E-state index in [1.54, 1.807) is 0 Å². The van der Waals surface area contributed by atoms with Gasteiger partial charge in [0.2, 0.25) is 5.91 Å². The highest BCUT2D eigenvalue weighted by Crippen LogP contribution is 2.22. The summed E-state index contributed by atoms with van der Waals surface area (Å²) < 4.78 is 23.0. The Morgan fingerprint density at radius 3 is 2.60 bits per heavy atom. The Bertz CT molecular complexity index is 433. The third kappa shape index (κ3) is 4.41. The average molecular weight is 283 g/mol. The van der Waals surface area contributed by atoms with Crippen LogP contribution >= 0.6 is 0 Å². The molecule has 0 unspecified atom stereocenters. The van der Waals surface area contributed by atoms with E-state index < -0.39 is 5.82 Å². The number of halogens is 1. The zero-order chi connectivity index (χ0) is 14.4. The lowest BCUT2D eigenvalue weighted by Crippen LogP contribution is -2.41. The summed E-state index contributed by atoms with van der Waals surface area (Å²) in [5.74, 6) is -0.583. The van der Waals surface area contributed by atoms with E-state index in [1.807, 2.05) is 0 Å². The molecule has 0 saturated heterocycles. The molecule has 0 atom stereocenters. The van der Waals surface area contributed by atoms with Crippen molar-refractivity contribution >= 4 is 5.91 Å². The van der Waals surface area contributed by atoms with E-state index in [9.17, 15) is 9.18 Å². The molecule has 7 heteroatoms. The van der Waals surface area contributed by atoms with E-state index >= 15 is 0 Å². The van der Waals surface area contributed by atoms with Crippen molar-refractivity contribution in [3.8, 4) is 6.01 Å². The van der Waals surface area contributed by atoms with Crippen molar-refractivity contribution in [3.05, 3.63) is 18.2 Å². The summed E-state index contributed by atoms with van der Waals surface area (Å²) in [6.45, 7) is 0.0832. The van der Waals surface area contributed by atoms with Crippen LogP contribution < -0.4 is 10.1 Å². The molecular formula is C13H18FN3O3. The van der Waals surface area contributed by atoms with Crippen molar-refractivity contribution in [2.45, 2.75) is 37.8 Å². The largest absolute Gasteiger partial charge is 0.460 e. The summed E-state index contributed by atoms with van der Waals surface area (Å²) in [6.07, 6.45) is 5.45. The number of carbonyl (C=O) groups excluding carboxylic acids is 1. The summed E-state index contributed by atoms with van der Waals surface area (Å²) in [6, 6.07) is 0.352. The molecule has 0 radical (unpaired) electrons. The lowest BCUT2D eigenvalue weighted by Gasteiger charge is -2.28. The van der Waals surface area contributed by atoms with Crippen molar-refractivity contribution in [1.29, 1.82) is 0 Å². The molecule has 0 aromatic carbocycles. The minimum absolute atomic E-state index is 0.0102. The zero-order valence-electron chi connectivity index (χ0n) is 11.3. The fraction of sp³-hybridized carbons (Fsp3) is 0.615. The van der Waals surface area contributed by atoms with Crippen LogP contribution in [0.15, 0.2) is 12.4 Å². The molecule has 0 bridgehead atoms. The van der Waals surface area contributed by atoms with Gasteiger partial charge in [-0.1, -0.05) is 0 Å². The second kappa shape index (κ2) is 7.14. The SMILES string of the molecule is COCC(=O)NC1CCC(Oc2ncc(F)cn2)CC1. The molecule has 1 fully saturated rings. The molecule has 1 aliphatic rings. The van der Waals surface area contributed by atoms with E-state index in [2.05, 4.69) is 15.3 Å². The molecule has 1 aromatic heterocycles. The first kappa shape index (κ1) is 14.6. The normalized spacial score (nSPS) is 22.3. The fourth-order valence-electron chi connectivity index (χ4n) is 2.24. The van der Waals surface area contributed by atoms with E-state index in [4.69, 9.17) is 9.47 Å². The molecule has 1 heterocycles. The summed E-state index contributed by atoms with van der Waals surface area (Å²) in [5.41, 5.74) is 0. The zero-order valence-corrected chi connectivity index (χ0v) is 11.3. The number of nitrogens with one attached hydrogen (secondary N) is 1. The summed E-state index contributed by atoms with van der Waals surface area (Å²) in [5, 5.41) is 2.91. The lowest BCUT2D eigenvalue weighted by atomic mass is 9.93. The number of aromatic nitrogens is 2. The Morgan fingerprint density at radius 2 is 2.00 bits per heavy atom. The maximum Gasteiger partial charge on any atom is 0.316 e. The smallest absolute Gasteiger partial charge is 0.316 e. The molecule has 0 spiro atoms. The number of carbonyl (C=O) groups is 1. The number of rotatable bonds is 5. The van der Waals surface area contributed by atoms with Gasteiger partial charge in [-0.15, -0.1) is 0 Å². The average Bonchev–Trinajstić information content (AvgIpc) is 2.44. The van der Waals surface area contributed by atoms with Crippen LogP contribution in [0.3, 0.4) is 0 Å². The number of hydrogen-bond donors (Lipinski definition) is 1. The molecule has 110 valence electrons. The monoisotopic (exact) mass is 283 g/mol. The van der Waals surface area contributed by atoms with Gasteiger partial charge in [0.1, 0.15) is 12.7 Å². The molecule has 2 rings (SSSR count). The minimum atomic E-state index is -0.484. The van der Waals surface area contributed by atoms with Gasteiger partial charge in [-0.05, 0) is 25.7 Å². The van der Waals surface area contributed by atoms with Crippen LogP contribution in [0.25, 0.3) is 0 Å². The van der Waals surface area contributed by atoms with Gasteiger partial charge < -0.3 is 14.8 Å². The highest BCUT2D eigenvalue weighted by molar-refractivity contribution is 5.77. The number of amides is 1. The van der Waals surface area contributed by atoms with Gasteiger partial charge in [0.15, 0.2) is 5.82 Å². The summed E-state index contributed by atoms with van der Waals surface area (Å²) in [7, 11) is 1.49. The van der Waals surface area contributed by atoms with Crippen LogP contribution in [0, 0.1) is 5.82 Å². The highest BCUT2D eigenvalue weighted by Gasteiger charge is 2.24. The molecule has 1 aromatic rings. The van der Waals surface area contributed by atoms with E-state index in [-0.39, 0.29) is 30.7 Å². The topological polar surface area (TPSA) is 73.3 Å². The highest BCUT2D eigenvalue weighted by atomic mass is 19.1. The molecule has 0 aliphatic heterocycles. The third-order valence-corrected chi connectivity index (χ3v) is 3.18. The maximum absolute atomic E-state index is 12.7. The molecule has 1 N–H and O–H groups in total. The predicted octanol–water partition coefficient (Wildman–Crippen LogP) is 1.07. The van der Waals surface area contributed by atoms with E-state index in [0.29, 0.717) is 0 Å². The Hall–Kier alpha value is -1.76. The van der Waals surface area contributed by atoms with Crippen LogP contribution in [-0.2, 0) is 9.53 Å². The first-order valence-electron chi connectivity index (χ1n) is 6.60. The molecule has 1 saturated carbocycles. The van der Waals surface area contributed by atoms with Crippen LogP contribution in [0.5, 0.6) is 6.01 Å². The summed E-state index contributed by atoms with van der Waals surface area (Å²) in [4.78, 5) is 18.9. The number of nitrogens with zero attached hydrogens (tertiary/aromatic N) is 2. The second-order valence-electron chi connectivity index (χ2n) is 4.78. The van der Waals surface area contributed by atoms with Crippen LogP contribution in [-0.4, -0.2) is 41.7 Å². The molecular weight excluding hydrogens is 265 g/mol. The van der Waals surface area contributed by atoms with Crippen LogP contribution in [0.1, 0.15) is 25.7 Å². The Morgan fingerprint density at radius 1 is 1.35 bits per heavy atom. The molecule has 20 heavy (non-hydrogen) atoms. The molecule has 1 aliphatic carbocycles. The van der Waals surface area contributed by atoms with E-state index in [1.165, 1.54) is 7.11 Å². The number of methoxy groups -OCH3 is 1. The van der Waals surface area contributed by atoms with Crippen molar-refractivity contribution in [3.63, 3.8) is 0 Å². The van der Waals surface area contributed by atoms with Gasteiger partial charge in [-0.3, -0.25) is 4.79 Å². The standard InChI is InChI=1S/C13H18FN3O3/c1-19-8-12(18)17-10-2-4-11(5-3-10)20-13-15-6-9(14)7-16-13/h6-7,10-11H,2-5,8H2,1H3,(H,17,18).